The fourth-order valence-corrected chi connectivity index (χ4v) is 3.28. The summed E-state index contributed by atoms with van der Waals surface area (Å²) in [7, 11) is 0. The number of aryl methyl sites for hydroxylation is 2. The second kappa shape index (κ2) is 7.31. The van der Waals surface area contributed by atoms with Crippen LogP contribution in [0.4, 0.5) is 0 Å². The minimum absolute atomic E-state index is 0.0473. The van der Waals surface area contributed by atoms with E-state index in [1.807, 2.05) is 37.3 Å². The Kier molecular flexibility index (Phi) is 4.69. The molecule has 0 aliphatic carbocycles. The predicted octanol–water partition coefficient (Wildman–Crippen LogP) is 3.60. The molecule has 6 heteroatoms. The summed E-state index contributed by atoms with van der Waals surface area (Å²) in [5.74, 6) is -0.395. The van der Waals surface area contributed by atoms with E-state index in [9.17, 15) is 9.59 Å². The first-order valence-corrected chi connectivity index (χ1v) is 9.18. The van der Waals surface area contributed by atoms with E-state index in [-0.39, 0.29) is 18.6 Å². The Morgan fingerprint density at radius 2 is 2.07 bits per heavy atom. The summed E-state index contributed by atoms with van der Waals surface area (Å²) < 4.78 is 12.4. The van der Waals surface area contributed by atoms with Gasteiger partial charge < -0.3 is 9.15 Å². The number of hydrogen-bond donors (Lipinski definition) is 0. The normalized spacial score (nSPS) is 11.2. The fourth-order valence-electron chi connectivity index (χ4n) is 3.28. The molecule has 0 atom stereocenters. The molecule has 1 aromatic carbocycles. The van der Waals surface area contributed by atoms with Crippen molar-refractivity contribution in [1.29, 1.82) is 0 Å². The van der Waals surface area contributed by atoms with Crippen molar-refractivity contribution >= 4 is 22.6 Å². The minimum atomic E-state index is -0.395. The first-order chi connectivity index (χ1) is 13.5. The zero-order valence-corrected chi connectivity index (χ0v) is 15.8. The number of rotatable bonds is 5. The van der Waals surface area contributed by atoms with Crippen LogP contribution in [-0.4, -0.2) is 15.4 Å². The largest absolute Gasteiger partial charge is 0.464 e. The molecule has 142 valence electrons. The maximum absolute atomic E-state index is 12.3. The van der Waals surface area contributed by atoms with Crippen LogP contribution in [-0.2, 0) is 29.0 Å². The molecule has 0 radical (unpaired) electrons. The van der Waals surface area contributed by atoms with Crippen molar-refractivity contribution in [2.45, 2.75) is 33.3 Å². The molecule has 0 saturated heterocycles. The molecule has 0 aliphatic heterocycles. The number of fused-ring (bicyclic) bond motifs is 2. The summed E-state index contributed by atoms with van der Waals surface area (Å²) in [6.07, 6.45) is 2.62. The number of ether oxygens (including phenoxy) is 1. The van der Waals surface area contributed by atoms with Crippen LogP contribution in [0.15, 0.2) is 57.9 Å². The summed E-state index contributed by atoms with van der Waals surface area (Å²) in [6, 6.07) is 12.8. The SMILES string of the molecule is CCc1ccc2c(CC(=O)OCc3cc(=O)n4c(C)cccc4n3)coc2c1. The van der Waals surface area contributed by atoms with Gasteiger partial charge in [-0.2, -0.15) is 0 Å². The molecule has 4 aromatic rings. The molecule has 3 heterocycles. The topological polar surface area (TPSA) is 73.8 Å². The monoisotopic (exact) mass is 376 g/mol. The highest BCUT2D eigenvalue weighted by Crippen LogP contribution is 2.23. The first kappa shape index (κ1) is 18.0. The minimum Gasteiger partial charge on any atom is -0.464 e. The Morgan fingerprint density at radius 3 is 2.89 bits per heavy atom. The van der Waals surface area contributed by atoms with Crippen LogP contribution >= 0.6 is 0 Å². The maximum atomic E-state index is 12.3. The number of benzene rings is 1. The van der Waals surface area contributed by atoms with Gasteiger partial charge in [-0.05, 0) is 37.1 Å². The third-order valence-corrected chi connectivity index (χ3v) is 4.78. The van der Waals surface area contributed by atoms with E-state index >= 15 is 0 Å². The van der Waals surface area contributed by atoms with Crippen LogP contribution in [0.1, 0.15) is 29.4 Å². The van der Waals surface area contributed by atoms with E-state index in [0.29, 0.717) is 11.3 Å². The number of carbonyl (C=O) groups excluding carboxylic acids is 1. The zero-order chi connectivity index (χ0) is 19.7. The molecule has 0 amide bonds. The lowest BCUT2D eigenvalue weighted by atomic mass is 10.1. The summed E-state index contributed by atoms with van der Waals surface area (Å²) in [5, 5.41) is 0.909. The highest BCUT2D eigenvalue weighted by Gasteiger charge is 2.13. The Hall–Kier alpha value is -3.41. The highest BCUT2D eigenvalue weighted by atomic mass is 16.5. The van der Waals surface area contributed by atoms with Gasteiger partial charge in [0.05, 0.1) is 18.4 Å². The number of hydrogen-bond acceptors (Lipinski definition) is 5. The molecule has 28 heavy (non-hydrogen) atoms. The molecule has 0 spiro atoms. The second-order valence-corrected chi connectivity index (χ2v) is 6.73. The highest BCUT2D eigenvalue weighted by molar-refractivity contribution is 5.86. The zero-order valence-electron chi connectivity index (χ0n) is 15.8. The van der Waals surface area contributed by atoms with Crippen LogP contribution in [0.5, 0.6) is 0 Å². The Bertz CT molecular complexity index is 1240. The van der Waals surface area contributed by atoms with Crippen molar-refractivity contribution in [3.63, 3.8) is 0 Å². The first-order valence-electron chi connectivity index (χ1n) is 9.18. The molecule has 0 N–H and O–H groups in total. The van der Waals surface area contributed by atoms with E-state index in [0.717, 1.165) is 28.6 Å². The summed E-state index contributed by atoms with van der Waals surface area (Å²) in [4.78, 5) is 29.0. The van der Waals surface area contributed by atoms with Gasteiger partial charge in [0, 0.05) is 22.7 Å². The Morgan fingerprint density at radius 1 is 1.21 bits per heavy atom. The van der Waals surface area contributed by atoms with Crippen LogP contribution in [0, 0.1) is 6.92 Å². The van der Waals surface area contributed by atoms with Gasteiger partial charge in [-0.1, -0.05) is 25.1 Å². The van der Waals surface area contributed by atoms with Crippen LogP contribution in [0.3, 0.4) is 0 Å². The molecular weight excluding hydrogens is 356 g/mol. The quantitative estimate of drug-likeness (QED) is 0.498. The van der Waals surface area contributed by atoms with E-state index in [1.54, 1.807) is 12.3 Å². The third kappa shape index (κ3) is 3.41. The molecule has 4 rings (SSSR count). The number of furan rings is 1. The molecular formula is C22H20N2O4. The average molecular weight is 376 g/mol. The number of pyridine rings is 1. The van der Waals surface area contributed by atoms with Gasteiger partial charge in [0.15, 0.2) is 0 Å². The van der Waals surface area contributed by atoms with Gasteiger partial charge >= 0.3 is 5.97 Å². The van der Waals surface area contributed by atoms with Gasteiger partial charge in [-0.25, -0.2) is 4.98 Å². The van der Waals surface area contributed by atoms with Crippen LogP contribution < -0.4 is 5.56 Å². The second-order valence-electron chi connectivity index (χ2n) is 6.73. The predicted molar refractivity (Wildman–Crippen MR) is 105 cm³/mol. The van der Waals surface area contributed by atoms with Crippen molar-refractivity contribution in [2.24, 2.45) is 0 Å². The lowest BCUT2D eigenvalue weighted by molar-refractivity contribution is -0.144. The third-order valence-electron chi connectivity index (χ3n) is 4.78. The maximum Gasteiger partial charge on any atom is 0.310 e. The Balaban J connectivity index is 1.48. The number of aromatic nitrogens is 2. The lowest BCUT2D eigenvalue weighted by Crippen LogP contribution is -2.18. The van der Waals surface area contributed by atoms with Crippen molar-refractivity contribution in [3.05, 3.63) is 81.6 Å². The summed E-state index contributed by atoms with van der Waals surface area (Å²) in [6.45, 7) is 3.87. The number of carbonyl (C=O) groups is 1. The van der Waals surface area contributed by atoms with Gasteiger partial charge in [-0.15, -0.1) is 0 Å². The van der Waals surface area contributed by atoms with E-state index < -0.39 is 5.97 Å². The molecule has 3 aromatic heterocycles. The van der Waals surface area contributed by atoms with E-state index in [4.69, 9.17) is 9.15 Å². The average Bonchev–Trinajstić information content (AvgIpc) is 3.08. The van der Waals surface area contributed by atoms with Crippen molar-refractivity contribution < 1.29 is 13.9 Å². The van der Waals surface area contributed by atoms with E-state index in [2.05, 4.69) is 11.9 Å². The summed E-state index contributed by atoms with van der Waals surface area (Å²) in [5.41, 5.74) is 4.30. The van der Waals surface area contributed by atoms with Gasteiger partial charge in [0.25, 0.3) is 5.56 Å². The molecule has 0 fully saturated rings. The smallest absolute Gasteiger partial charge is 0.310 e. The van der Waals surface area contributed by atoms with Gasteiger partial charge in [0.2, 0.25) is 0 Å². The van der Waals surface area contributed by atoms with E-state index in [1.165, 1.54) is 16.0 Å². The standard InChI is InChI=1S/C22H20N2O4/c1-3-15-7-8-18-16(12-27-19(18)9-15)10-22(26)28-13-17-11-21(25)24-14(2)5-4-6-20(24)23-17/h4-9,11-12H,3,10,13H2,1-2H3. The molecule has 6 nitrogen and oxygen atoms in total. The van der Waals surface area contributed by atoms with Crippen LogP contribution in [0.2, 0.25) is 0 Å². The molecule has 0 unspecified atom stereocenters. The molecule has 0 bridgehead atoms. The van der Waals surface area contributed by atoms with Gasteiger partial charge in [0.1, 0.15) is 17.8 Å². The van der Waals surface area contributed by atoms with Crippen molar-refractivity contribution in [1.82, 2.24) is 9.38 Å². The number of nitrogens with zero attached hydrogens (tertiary/aromatic N) is 2. The van der Waals surface area contributed by atoms with Crippen molar-refractivity contribution in [2.75, 3.05) is 0 Å². The summed E-state index contributed by atoms with van der Waals surface area (Å²) >= 11 is 0. The molecule has 0 saturated carbocycles. The fraction of sp³-hybridized carbons (Fsp3) is 0.227. The Labute approximate surface area is 161 Å². The number of esters is 1. The van der Waals surface area contributed by atoms with Crippen LogP contribution in [0.25, 0.3) is 16.6 Å². The molecule has 0 aliphatic rings. The van der Waals surface area contributed by atoms with Gasteiger partial charge in [-0.3, -0.25) is 14.0 Å². The van der Waals surface area contributed by atoms with Crippen molar-refractivity contribution in [3.8, 4) is 0 Å². The lowest BCUT2D eigenvalue weighted by Gasteiger charge is -2.07.